The van der Waals surface area contributed by atoms with Crippen molar-refractivity contribution in [3.63, 3.8) is 0 Å². The molecule has 1 saturated heterocycles. The first-order chi connectivity index (χ1) is 13.9. The number of ketones is 1. The summed E-state index contributed by atoms with van der Waals surface area (Å²) < 4.78 is 10.6. The van der Waals surface area contributed by atoms with Crippen LogP contribution in [0.2, 0.25) is 0 Å². The molecule has 1 aromatic heterocycles. The van der Waals surface area contributed by atoms with E-state index in [1.54, 1.807) is 36.4 Å². The fourth-order valence-electron chi connectivity index (χ4n) is 2.92. The Kier molecular flexibility index (Phi) is 6.56. The molecule has 3 rings (SSSR count). The van der Waals surface area contributed by atoms with Gasteiger partial charge in [-0.15, -0.1) is 0 Å². The fourth-order valence-corrected chi connectivity index (χ4v) is 2.92. The number of nitrogens with zero attached hydrogens (tertiary/aromatic N) is 2. The SMILES string of the molecule is CC(=O)Nc1ccc(C(=O)C(C)OC(=O)c2ccc(N3CCOCC3)nc2)cc1. The summed E-state index contributed by atoms with van der Waals surface area (Å²) in [5.74, 6) is -0.361. The van der Waals surface area contributed by atoms with Gasteiger partial charge < -0.3 is 19.7 Å². The van der Waals surface area contributed by atoms with Crippen LogP contribution >= 0.6 is 0 Å². The van der Waals surface area contributed by atoms with Crippen LogP contribution in [0, 0.1) is 0 Å². The summed E-state index contributed by atoms with van der Waals surface area (Å²) in [5.41, 5.74) is 1.26. The molecule has 1 fully saturated rings. The van der Waals surface area contributed by atoms with Crippen LogP contribution in [-0.2, 0) is 14.3 Å². The quantitative estimate of drug-likeness (QED) is 0.590. The molecule has 1 N–H and O–H groups in total. The molecule has 0 bridgehead atoms. The number of ether oxygens (including phenoxy) is 2. The number of pyridine rings is 1. The standard InChI is InChI=1S/C21H23N3O5/c1-14(20(26)16-3-6-18(7-4-16)23-15(2)25)29-21(27)17-5-8-19(22-13-17)24-9-11-28-12-10-24/h3-8,13-14H,9-12H2,1-2H3,(H,23,25). The van der Waals surface area contributed by atoms with Gasteiger partial charge in [0.15, 0.2) is 6.10 Å². The molecule has 1 aliphatic rings. The smallest absolute Gasteiger partial charge is 0.340 e. The van der Waals surface area contributed by atoms with E-state index in [1.165, 1.54) is 20.0 Å². The highest BCUT2D eigenvalue weighted by Crippen LogP contribution is 2.16. The molecule has 1 aliphatic heterocycles. The van der Waals surface area contributed by atoms with E-state index in [0.29, 0.717) is 24.5 Å². The monoisotopic (exact) mass is 397 g/mol. The minimum Gasteiger partial charge on any atom is -0.451 e. The lowest BCUT2D eigenvalue weighted by molar-refractivity contribution is -0.114. The number of nitrogens with one attached hydrogen (secondary N) is 1. The number of Topliss-reactive ketones (excluding diaryl/α,β-unsaturated/α-hetero) is 1. The summed E-state index contributed by atoms with van der Waals surface area (Å²) in [5, 5.41) is 2.63. The zero-order chi connectivity index (χ0) is 20.8. The maximum absolute atomic E-state index is 12.5. The maximum Gasteiger partial charge on any atom is 0.340 e. The van der Waals surface area contributed by atoms with Crippen molar-refractivity contribution in [3.8, 4) is 0 Å². The molecule has 0 radical (unpaired) electrons. The Morgan fingerprint density at radius 1 is 1.07 bits per heavy atom. The third-order valence-electron chi connectivity index (χ3n) is 4.46. The molecule has 1 amide bonds. The lowest BCUT2D eigenvalue weighted by Gasteiger charge is -2.27. The van der Waals surface area contributed by atoms with Crippen molar-refractivity contribution < 1.29 is 23.9 Å². The van der Waals surface area contributed by atoms with E-state index < -0.39 is 12.1 Å². The van der Waals surface area contributed by atoms with Crippen molar-refractivity contribution in [1.29, 1.82) is 0 Å². The highest BCUT2D eigenvalue weighted by molar-refractivity contribution is 6.01. The van der Waals surface area contributed by atoms with E-state index in [9.17, 15) is 14.4 Å². The zero-order valence-corrected chi connectivity index (χ0v) is 16.4. The van der Waals surface area contributed by atoms with Gasteiger partial charge in [-0.1, -0.05) is 0 Å². The Hall–Kier alpha value is -3.26. The van der Waals surface area contributed by atoms with E-state index in [-0.39, 0.29) is 17.3 Å². The Labute approximate surface area is 168 Å². The van der Waals surface area contributed by atoms with Crippen molar-refractivity contribution in [1.82, 2.24) is 4.98 Å². The van der Waals surface area contributed by atoms with Gasteiger partial charge in [0.1, 0.15) is 5.82 Å². The summed E-state index contributed by atoms with van der Waals surface area (Å²) >= 11 is 0. The second kappa shape index (κ2) is 9.29. The average Bonchev–Trinajstić information content (AvgIpc) is 2.74. The summed E-state index contributed by atoms with van der Waals surface area (Å²) in [6, 6.07) is 9.80. The van der Waals surface area contributed by atoms with Crippen LogP contribution in [-0.4, -0.2) is 55.1 Å². The van der Waals surface area contributed by atoms with Gasteiger partial charge in [-0.05, 0) is 43.3 Å². The number of amides is 1. The molecule has 8 nitrogen and oxygen atoms in total. The summed E-state index contributed by atoms with van der Waals surface area (Å²) in [6.45, 7) is 5.74. The van der Waals surface area contributed by atoms with Crippen molar-refractivity contribution in [3.05, 3.63) is 53.7 Å². The van der Waals surface area contributed by atoms with Gasteiger partial charge >= 0.3 is 5.97 Å². The van der Waals surface area contributed by atoms with Gasteiger partial charge in [0, 0.05) is 37.5 Å². The van der Waals surface area contributed by atoms with E-state index >= 15 is 0 Å². The number of hydrogen-bond donors (Lipinski definition) is 1. The molecular weight excluding hydrogens is 374 g/mol. The topological polar surface area (TPSA) is 97.8 Å². The van der Waals surface area contributed by atoms with Crippen molar-refractivity contribution in [2.75, 3.05) is 36.5 Å². The third kappa shape index (κ3) is 5.39. The van der Waals surface area contributed by atoms with Crippen molar-refractivity contribution in [2.45, 2.75) is 20.0 Å². The number of esters is 1. The average molecular weight is 397 g/mol. The van der Waals surface area contributed by atoms with E-state index in [2.05, 4.69) is 15.2 Å². The Morgan fingerprint density at radius 3 is 2.31 bits per heavy atom. The molecule has 0 saturated carbocycles. The number of carbonyl (C=O) groups excluding carboxylic acids is 3. The molecular formula is C21H23N3O5. The fraction of sp³-hybridized carbons (Fsp3) is 0.333. The first-order valence-corrected chi connectivity index (χ1v) is 9.35. The Balaban J connectivity index is 1.59. The van der Waals surface area contributed by atoms with E-state index in [0.717, 1.165) is 18.9 Å². The summed E-state index contributed by atoms with van der Waals surface area (Å²) in [7, 11) is 0. The van der Waals surface area contributed by atoms with Crippen LogP contribution in [0.4, 0.5) is 11.5 Å². The minimum absolute atomic E-state index is 0.195. The van der Waals surface area contributed by atoms with Crippen LogP contribution in [0.15, 0.2) is 42.6 Å². The summed E-state index contributed by atoms with van der Waals surface area (Å²) in [6.07, 6.45) is 0.500. The number of hydrogen-bond acceptors (Lipinski definition) is 7. The second-order valence-electron chi connectivity index (χ2n) is 6.67. The lowest BCUT2D eigenvalue weighted by Crippen LogP contribution is -2.36. The van der Waals surface area contributed by atoms with Crippen molar-refractivity contribution in [2.24, 2.45) is 0 Å². The first-order valence-electron chi connectivity index (χ1n) is 9.35. The normalized spacial score (nSPS) is 14.8. The molecule has 8 heteroatoms. The van der Waals surface area contributed by atoms with Gasteiger partial charge in [0.05, 0.1) is 18.8 Å². The number of anilines is 2. The number of morpholine rings is 1. The second-order valence-corrected chi connectivity index (χ2v) is 6.67. The zero-order valence-electron chi connectivity index (χ0n) is 16.4. The summed E-state index contributed by atoms with van der Waals surface area (Å²) in [4.78, 5) is 42.3. The third-order valence-corrected chi connectivity index (χ3v) is 4.46. The van der Waals surface area contributed by atoms with Crippen LogP contribution in [0.3, 0.4) is 0 Å². The molecule has 0 spiro atoms. The van der Waals surface area contributed by atoms with E-state index in [1.807, 2.05) is 0 Å². The number of benzene rings is 1. The predicted octanol–water partition coefficient (Wildman–Crippen LogP) is 2.30. The molecule has 1 aromatic carbocycles. The molecule has 2 aromatic rings. The highest BCUT2D eigenvalue weighted by Gasteiger charge is 2.21. The number of rotatable bonds is 6. The molecule has 1 unspecified atom stereocenters. The highest BCUT2D eigenvalue weighted by atomic mass is 16.5. The molecule has 29 heavy (non-hydrogen) atoms. The van der Waals surface area contributed by atoms with Gasteiger partial charge in [0.25, 0.3) is 0 Å². The Morgan fingerprint density at radius 2 is 1.72 bits per heavy atom. The van der Waals surface area contributed by atoms with Crippen LogP contribution in [0.5, 0.6) is 0 Å². The van der Waals surface area contributed by atoms with Crippen LogP contribution < -0.4 is 10.2 Å². The lowest BCUT2D eigenvalue weighted by atomic mass is 10.1. The minimum atomic E-state index is -0.951. The largest absolute Gasteiger partial charge is 0.451 e. The molecule has 2 heterocycles. The van der Waals surface area contributed by atoms with E-state index in [4.69, 9.17) is 9.47 Å². The number of carbonyl (C=O) groups is 3. The van der Waals surface area contributed by atoms with Gasteiger partial charge in [-0.2, -0.15) is 0 Å². The molecule has 1 atom stereocenters. The van der Waals surface area contributed by atoms with Crippen LogP contribution in [0.1, 0.15) is 34.6 Å². The maximum atomic E-state index is 12.5. The van der Waals surface area contributed by atoms with Crippen molar-refractivity contribution >= 4 is 29.2 Å². The van der Waals surface area contributed by atoms with Crippen LogP contribution in [0.25, 0.3) is 0 Å². The van der Waals surface area contributed by atoms with Gasteiger partial charge in [-0.3, -0.25) is 9.59 Å². The molecule has 0 aliphatic carbocycles. The Bertz CT molecular complexity index is 874. The number of aromatic nitrogens is 1. The van der Waals surface area contributed by atoms with Gasteiger partial charge in [-0.25, -0.2) is 9.78 Å². The van der Waals surface area contributed by atoms with Gasteiger partial charge in [0.2, 0.25) is 11.7 Å². The predicted molar refractivity (Wildman–Crippen MR) is 107 cm³/mol. The first kappa shape index (κ1) is 20.5. The molecule has 152 valence electrons.